The predicted molar refractivity (Wildman–Crippen MR) is 78.3 cm³/mol. The summed E-state index contributed by atoms with van der Waals surface area (Å²) in [5, 5.41) is 14.2. The molecule has 0 saturated carbocycles. The second-order valence-corrected chi connectivity index (χ2v) is 4.86. The first-order chi connectivity index (χ1) is 9.81. The van der Waals surface area contributed by atoms with Crippen molar-refractivity contribution in [1.82, 2.24) is 10.2 Å². The maximum absolute atomic E-state index is 12.0. The maximum Gasteiger partial charge on any atom is 0.337 e. The summed E-state index contributed by atoms with van der Waals surface area (Å²) in [6.07, 6.45) is 0. The van der Waals surface area contributed by atoms with Gasteiger partial charge in [-0.25, -0.2) is 9.59 Å². The minimum Gasteiger partial charge on any atom is -0.478 e. The third kappa shape index (κ3) is 5.13. The van der Waals surface area contributed by atoms with Crippen LogP contribution < -0.4 is 10.6 Å². The van der Waals surface area contributed by atoms with Gasteiger partial charge in [-0.15, -0.1) is 0 Å². The molecule has 0 saturated heterocycles. The van der Waals surface area contributed by atoms with Crippen molar-refractivity contribution in [3.05, 3.63) is 29.8 Å². The fraction of sp³-hybridized carbons (Fsp3) is 0.357. The quantitative estimate of drug-likeness (QED) is 0.763. The molecular weight excluding hydrogens is 274 g/mol. The molecule has 0 spiro atoms. The molecule has 0 bridgehead atoms. The molecule has 114 valence electrons. The number of carbonyl (C=O) groups is 3. The van der Waals surface area contributed by atoms with Crippen molar-refractivity contribution in [3.63, 3.8) is 0 Å². The van der Waals surface area contributed by atoms with Crippen LogP contribution in [0.2, 0.25) is 0 Å². The van der Waals surface area contributed by atoms with Crippen LogP contribution >= 0.6 is 0 Å². The number of hydrogen-bond acceptors (Lipinski definition) is 3. The van der Waals surface area contributed by atoms with Crippen LogP contribution in [0, 0.1) is 0 Å². The predicted octanol–water partition coefficient (Wildman–Crippen LogP) is 1.37. The minimum atomic E-state index is -1.13. The Hall–Kier alpha value is -2.57. The standard InChI is InChI=1S/C14H19N3O4/c1-9(2)15-12(18)8-17(3)14(21)16-11-7-5-4-6-10(11)13(19)20/h4-7,9H,8H2,1-3H3,(H,15,18)(H,16,21)(H,19,20). The third-order valence-corrected chi connectivity index (χ3v) is 2.58. The van der Waals surface area contributed by atoms with E-state index in [0.717, 1.165) is 0 Å². The number of para-hydroxylation sites is 1. The van der Waals surface area contributed by atoms with Gasteiger partial charge in [-0.2, -0.15) is 0 Å². The molecule has 0 aliphatic rings. The highest BCUT2D eigenvalue weighted by Gasteiger charge is 2.16. The largest absolute Gasteiger partial charge is 0.478 e. The van der Waals surface area contributed by atoms with Crippen LogP contribution in [0.25, 0.3) is 0 Å². The summed E-state index contributed by atoms with van der Waals surface area (Å²) in [6, 6.07) is 5.50. The van der Waals surface area contributed by atoms with Crippen LogP contribution in [0.5, 0.6) is 0 Å². The van der Waals surface area contributed by atoms with E-state index in [1.54, 1.807) is 12.1 Å². The van der Waals surface area contributed by atoms with E-state index in [9.17, 15) is 14.4 Å². The Morgan fingerprint density at radius 3 is 2.43 bits per heavy atom. The lowest BCUT2D eigenvalue weighted by Gasteiger charge is -2.19. The number of carbonyl (C=O) groups excluding carboxylic acids is 2. The van der Waals surface area contributed by atoms with Gasteiger partial charge >= 0.3 is 12.0 Å². The zero-order valence-electron chi connectivity index (χ0n) is 12.2. The molecule has 7 heteroatoms. The third-order valence-electron chi connectivity index (χ3n) is 2.58. The maximum atomic E-state index is 12.0. The summed E-state index contributed by atoms with van der Waals surface area (Å²) in [7, 11) is 1.46. The number of benzene rings is 1. The molecule has 3 amide bonds. The smallest absolute Gasteiger partial charge is 0.337 e. The van der Waals surface area contributed by atoms with Crippen LogP contribution in [0.4, 0.5) is 10.5 Å². The van der Waals surface area contributed by atoms with Gasteiger partial charge in [0, 0.05) is 13.1 Å². The highest BCUT2D eigenvalue weighted by molar-refractivity contribution is 6.00. The molecule has 0 unspecified atom stereocenters. The Labute approximate surface area is 122 Å². The number of carboxylic acid groups (broad SMARTS) is 1. The number of nitrogens with zero attached hydrogens (tertiary/aromatic N) is 1. The van der Waals surface area contributed by atoms with Crippen LogP contribution in [-0.4, -0.2) is 47.5 Å². The summed E-state index contributed by atoms with van der Waals surface area (Å²) in [5.41, 5.74) is 0.178. The lowest BCUT2D eigenvalue weighted by molar-refractivity contribution is -0.121. The van der Waals surface area contributed by atoms with Gasteiger partial charge in [0.15, 0.2) is 0 Å². The molecule has 7 nitrogen and oxygen atoms in total. The molecule has 3 N–H and O–H groups in total. The summed E-state index contributed by atoms with van der Waals surface area (Å²) < 4.78 is 0. The number of hydrogen-bond donors (Lipinski definition) is 3. The molecule has 1 rings (SSSR count). The van der Waals surface area contributed by atoms with Crippen molar-refractivity contribution >= 4 is 23.6 Å². The zero-order valence-corrected chi connectivity index (χ0v) is 12.2. The first-order valence-electron chi connectivity index (χ1n) is 6.45. The Balaban J connectivity index is 2.69. The first-order valence-corrected chi connectivity index (χ1v) is 6.45. The molecule has 0 atom stereocenters. The molecule has 0 aromatic heterocycles. The van der Waals surface area contributed by atoms with Crippen molar-refractivity contribution in [2.45, 2.75) is 19.9 Å². The Morgan fingerprint density at radius 2 is 1.86 bits per heavy atom. The highest BCUT2D eigenvalue weighted by Crippen LogP contribution is 2.15. The number of likely N-dealkylation sites (N-methyl/N-ethyl adjacent to an activating group) is 1. The highest BCUT2D eigenvalue weighted by atomic mass is 16.4. The number of carboxylic acids is 1. The molecule has 0 fully saturated rings. The van der Waals surface area contributed by atoms with Crippen LogP contribution in [0.1, 0.15) is 24.2 Å². The fourth-order valence-electron chi connectivity index (χ4n) is 1.64. The van der Waals surface area contributed by atoms with Gasteiger partial charge in [0.25, 0.3) is 0 Å². The Bertz CT molecular complexity index is 543. The van der Waals surface area contributed by atoms with E-state index in [2.05, 4.69) is 10.6 Å². The van der Waals surface area contributed by atoms with Crippen molar-refractivity contribution in [1.29, 1.82) is 0 Å². The van der Waals surface area contributed by atoms with Crippen LogP contribution in [0.3, 0.4) is 0 Å². The van der Waals surface area contributed by atoms with E-state index >= 15 is 0 Å². The summed E-state index contributed by atoms with van der Waals surface area (Å²) in [4.78, 5) is 35.7. The number of amides is 3. The van der Waals surface area contributed by atoms with Gasteiger partial charge in [0.1, 0.15) is 6.54 Å². The normalized spacial score (nSPS) is 10.1. The molecule has 21 heavy (non-hydrogen) atoms. The molecule has 0 heterocycles. The van der Waals surface area contributed by atoms with E-state index in [0.29, 0.717) is 0 Å². The lowest BCUT2D eigenvalue weighted by Crippen LogP contribution is -2.42. The second-order valence-electron chi connectivity index (χ2n) is 4.86. The Morgan fingerprint density at radius 1 is 1.24 bits per heavy atom. The van der Waals surface area contributed by atoms with Crippen molar-refractivity contribution in [2.75, 3.05) is 18.9 Å². The van der Waals surface area contributed by atoms with Crippen LogP contribution in [-0.2, 0) is 4.79 Å². The zero-order chi connectivity index (χ0) is 16.0. The molecule has 1 aromatic rings. The minimum absolute atomic E-state index is 0.00844. The van der Waals surface area contributed by atoms with Gasteiger partial charge in [-0.3, -0.25) is 4.79 Å². The van der Waals surface area contributed by atoms with Gasteiger partial charge in [-0.05, 0) is 26.0 Å². The van der Waals surface area contributed by atoms with Crippen molar-refractivity contribution in [2.24, 2.45) is 0 Å². The first kappa shape index (κ1) is 16.5. The SMILES string of the molecule is CC(C)NC(=O)CN(C)C(=O)Nc1ccccc1C(=O)O. The summed E-state index contributed by atoms with van der Waals surface area (Å²) in [6.45, 7) is 3.53. The summed E-state index contributed by atoms with van der Waals surface area (Å²) >= 11 is 0. The van der Waals surface area contributed by atoms with Gasteiger partial charge in [0.2, 0.25) is 5.91 Å². The van der Waals surface area contributed by atoms with Crippen molar-refractivity contribution in [3.8, 4) is 0 Å². The molecule has 0 radical (unpaired) electrons. The number of rotatable bonds is 5. The monoisotopic (exact) mass is 293 g/mol. The van der Waals surface area contributed by atoms with Crippen LogP contribution in [0.15, 0.2) is 24.3 Å². The number of urea groups is 1. The van der Waals surface area contributed by atoms with Crippen molar-refractivity contribution < 1.29 is 19.5 Å². The average molecular weight is 293 g/mol. The molecule has 0 aliphatic heterocycles. The van der Waals surface area contributed by atoms with Gasteiger partial charge < -0.3 is 20.6 Å². The van der Waals surface area contributed by atoms with E-state index in [1.165, 1.54) is 24.1 Å². The topological polar surface area (TPSA) is 98.7 Å². The molecule has 0 aliphatic carbocycles. The second kappa shape index (κ2) is 7.28. The fourth-order valence-corrected chi connectivity index (χ4v) is 1.64. The Kier molecular flexibility index (Phi) is 5.71. The van der Waals surface area contributed by atoms with Gasteiger partial charge in [0.05, 0.1) is 11.3 Å². The van der Waals surface area contributed by atoms with Gasteiger partial charge in [-0.1, -0.05) is 12.1 Å². The van der Waals surface area contributed by atoms with E-state index in [1.807, 2.05) is 13.8 Å². The lowest BCUT2D eigenvalue weighted by atomic mass is 10.2. The molecular formula is C14H19N3O4. The van der Waals surface area contributed by atoms with E-state index in [-0.39, 0.29) is 29.7 Å². The molecule has 1 aromatic carbocycles. The number of nitrogens with one attached hydrogen (secondary N) is 2. The average Bonchev–Trinajstić information content (AvgIpc) is 2.37. The van der Waals surface area contributed by atoms with E-state index < -0.39 is 12.0 Å². The number of anilines is 1. The number of aromatic carboxylic acids is 1. The summed E-state index contributed by atoms with van der Waals surface area (Å²) in [5.74, 6) is -1.42. The van der Waals surface area contributed by atoms with E-state index in [4.69, 9.17) is 5.11 Å².